The van der Waals surface area contributed by atoms with Crippen LogP contribution in [0.4, 0.5) is 5.69 Å². The molecule has 0 bridgehead atoms. The molecule has 2 aliphatic rings. The van der Waals surface area contributed by atoms with E-state index in [-0.39, 0.29) is 23.9 Å². The number of nitrogens with zero attached hydrogens (tertiary/aromatic N) is 3. The van der Waals surface area contributed by atoms with Crippen molar-refractivity contribution in [1.29, 1.82) is 0 Å². The minimum absolute atomic E-state index is 0.00447. The first-order chi connectivity index (χ1) is 11.2. The summed E-state index contributed by atoms with van der Waals surface area (Å²) in [5.41, 5.74) is 0.831. The van der Waals surface area contributed by atoms with Crippen molar-refractivity contribution in [2.75, 3.05) is 11.4 Å². The van der Waals surface area contributed by atoms with Gasteiger partial charge in [-0.25, -0.2) is 0 Å². The Kier molecular flexibility index (Phi) is 3.61. The molecule has 0 unspecified atom stereocenters. The van der Waals surface area contributed by atoms with Crippen LogP contribution in [0.5, 0.6) is 0 Å². The highest BCUT2D eigenvalue weighted by molar-refractivity contribution is 7.10. The molecule has 23 heavy (non-hydrogen) atoms. The van der Waals surface area contributed by atoms with Gasteiger partial charge in [-0.1, -0.05) is 6.07 Å². The molecule has 2 aromatic heterocycles. The topological polar surface area (TPSA) is 53.5 Å². The van der Waals surface area contributed by atoms with Crippen LogP contribution < -0.4 is 4.90 Å². The zero-order valence-electron chi connectivity index (χ0n) is 12.6. The second kappa shape index (κ2) is 5.77. The largest absolute Gasteiger partial charge is 0.337 e. The van der Waals surface area contributed by atoms with Crippen LogP contribution in [-0.4, -0.2) is 40.3 Å². The number of fused-ring (bicyclic) bond motifs is 1. The summed E-state index contributed by atoms with van der Waals surface area (Å²) in [7, 11) is 0. The van der Waals surface area contributed by atoms with Crippen LogP contribution in [0.2, 0.25) is 0 Å². The molecule has 2 atom stereocenters. The highest BCUT2D eigenvalue weighted by Crippen LogP contribution is 2.36. The molecule has 118 valence electrons. The Balaban J connectivity index is 1.53. The van der Waals surface area contributed by atoms with Crippen molar-refractivity contribution in [2.24, 2.45) is 0 Å². The molecule has 0 radical (unpaired) electrons. The molecule has 2 aliphatic heterocycles. The van der Waals surface area contributed by atoms with E-state index in [0.717, 1.165) is 23.5 Å². The highest BCUT2D eigenvalue weighted by atomic mass is 32.1. The third kappa shape index (κ3) is 2.53. The molecule has 0 spiro atoms. The summed E-state index contributed by atoms with van der Waals surface area (Å²) in [5, 5.41) is 1.98. The molecule has 2 saturated heterocycles. The molecule has 2 amide bonds. The Bertz CT molecular complexity index is 717. The number of hydrogen-bond donors (Lipinski definition) is 0. The van der Waals surface area contributed by atoms with Crippen LogP contribution in [0.3, 0.4) is 0 Å². The van der Waals surface area contributed by atoms with E-state index in [1.165, 1.54) is 0 Å². The lowest BCUT2D eigenvalue weighted by Crippen LogP contribution is -2.40. The van der Waals surface area contributed by atoms with Crippen molar-refractivity contribution < 1.29 is 9.59 Å². The van der Waals surface area contributed by atoms with E-state index < -0.39 is 0 Å². The normalized spacial score (nSPS) is 23.4. The molecule has 4 heterocycles. The van der Waals surface area contributed by atoms with Gasteiger partial charge >= 0.3 is 0 Å². The Hall–Kier alpha value is -2.21. The minimum atomic E-state index is -0.00447. The van der Waals surface area contributed by atoms with E-state index in [1.807, 2.05) is 39.4 Å². The molecule has 0 aliphatic carbocycles. The molecule has 0 aromatic carbocycles. The van der Waals surface area contributed by atoms with E-state index in [2.05, 4.69) is 4.98 Å². The molecule has 0 N–H and O–H groups in total. The standard InChI is InChI=1S/C17H17N3O2S/c21-16(9-13-4-2-8-23-13)19-7-5-14-15(19)10-17(22)20(14)12-3-1-6-18-11-12/h1-4,6,8,11,14-15H,5,7,9-10H2/t14-,15+/m0/s1. The van der Waals surface area contributed by atoms with Gasteiger partial charge in [-0.2, -0.15) is 0 Å². The maximum absolute atomic E-state index is 12.6. The SMILES string of the molecule is O=C(Cc1cccs1)N1CC[C@H]2[C@H]1CC(=O)N2c1cccnc1. The maximum atomic E-state index is 12.6. The van der Waals surface area contributed by atoms with Crippen LogP contribution in [0.25, 0.3) is 0 Å². The summed E-state index contributed by atoms with van der Waals surface area (Å²) in [6, 6.07) is 7.77. The van der Waals surface area contributed by atoms with E-state index in [4.69, 9.17) is 0 Å². The number of carbonyl (C=O) groups is 2. The lowest BCUT2D eigenvalue weighted by molar-refractivity contribution is -0.131. The Labute approximate surface area is 138 Å². The van der Waals surface area contributed by atoms with Crippen LogP contribution >= 0.6 is 11.3 Å². The van der Waals surface area contributed by atoms with Gasteiger partial charge in [-0.3, -0.25) is 14.6 Å². The number of rotatable bonds is 3. The van der Waals surface area contributed by atoms with Gasteiger partial charge in [0.05, 0.1) is 30.4 Å². The number of anilines is 1. The molecule has 5 nitrogen and oxygen atoms in total. The van der Waals surface area contributed by atoms with Gasteiger partial charge in [0, 0.05) is 24.0 Å². The number of likely N-dealkylation sites (tertiary alicyclic amines) is 1. The second-order valence-corrected chi connectivity index (χ2v) is 6.98. The predicted octanol–water partition coefficient (Wildman–Crippen LogP) is 2.09. The summed E-state index contributed by atoms with van der Waals surface area (Å²) in [6.07, 6.45) is 5.10. The summed E-state index contributed by atoms with van der Waals surface area (Å²) < 4.78 is 0. The number of pyridine rings is 1. The van der Waals surface area contributed by atoms with Gasteiger partial charge in [-0.05, 0) is 30.0 Å². The van der Waals surface area contributed by atoms with Crippen LogP contribution in [0, 0.1) is 0 Å². The smallest absolute Gasteiger partial charge is 0.229 e. The first kappa shape index (κ1) is 14.4. The molecule has 4 rings (SSSR count). The van der Waals surface area contributed by atoms with Crippen molar-refractivity contribution in [3.8, 4) is 0 Å². The monoisotopic (exact) mass is 327 g/mol. The number of amides is 2. The quantitative estimate of drug-likeness (QED) is 0.867. The van der Waals surface area contributed by atoms with Gasteiger partial charge in [-0.15, -0.1) is 11.3 Å². The molecule has 2 fully saturated rings. The third-order valence-corrected chi connectivity index (χ3v) is 5.52. The van der Waals surface area contributed by atoms with E-state index in [0.29, 0.717) is 12.8 Å². The lowest BCUT2D eigenvalue weighted by atomic mass is 10.1. The van der Waals surface area contributed by atoms with E-state index in [1.54, 1.807) is 23.7 Å². The fourth-order valence-electron chi connectivity index (χ4n) is 3.65. The summed E-state index contributed by atoms with van der Waals surface area (Å²) in [4.78, 5) is 33.9. The Morgan fingerprint density at radius 3 is 2.96 bits per heavy atom. The maximum Gasteiger partial charge on any atom is 0.229 e. The molecule has 6 heteroatoms. The molecule has 0 saturated carbocycles. The second-order valence-electron chi connectivity index (χ2n) is 5.95. The summed E-state index contributed by atoms with van der Waals surface area (Å²) >= 11 is 1.60. The van der Waals surface area contributed by atoms with Crippen LogP contribution in [-0.2, 0) is 16.0 Å². The fourth-order valence-corrected chi connectivity index (χ4v) is 4.35. The third-order valence-electron chi connectivity index (χ3n) is 4.64. The average molecular weight is 327 g/mol. The van der Waals surface area contributed by atoms with Crippen molar-refractivity contribution >= 4 is 28.8 Å². The van der Waals surface area contributed by atoms with E-state index >= 15 is 0 Å². The molecular weight excluding hydrogens is 310 g/mol. The van der Waals surface area contributed by atoms with Gasteiger partial charge in [0.15, 0.2) is 0 Å². The van der Waals surface area contributed by atoms with Crippen LogP contribution in [0.15, 0.2) is 42.0 Å². The number of carbonyl (C=O) groups excluding carboxylic acids is 2. The fraction of sp³-hybridized carbons (Fsp3) is 0.353. The molecule has 2 aromatic rings. The number of thiophene rings is 1. The number of hydrogen-bond acceptors (Lipinski definition) is 4. The Morgan fingerprint density at radius 2 is 2.22 bits per heavy atom. The lowest BCUT2D eigenvalue weighted by Gasteiger charge is -2.25. The highest BCUT2D eigenvalue weighted by Gasteiger charge is 2.48. The van der Waals surface area contributed by atoms with Crippen molar-refractivity contribution in [2.45, 2.75) is 31.3 Å². The predicted molar refractivity (Wildman–Crippen MR) is 88.3 cm³/mol. The van der Waals surface area contributed by atoms with E-state index in [9.17, 15) is 9.59 Å². The Morgan fingerprint density at radius 1 is 1.30 bits per heavy atom. The summed E-state index contributed by atoms with van der Waals surface area (Å²) in [5.74, 6) is 0.211. The van der Waals surface area contributed by atoms with Gasteiger partial charge < -0.3 is 9.80 Å². The van der Waals surface area contributed by atoms with Gasteiger partial charge in [0.25, 0.3) is 0 Å². The van der Waals surface area contributed by atoms with Crippen molar-refractivity contribution in [3.05, 3.63) is 46.9 Å². The van der Waals surface area contributed by atoms with Crippen molar-refractivity contribution in [3.63, 3.8) is 0 Å². The summed E-state index contributed by atoms with van der Waals surface area (Å²) in [6.45, 7) is 0.726. The van der Waals surface area contributed by atoms with Crippen LogP contribution in [0.1, 0.15) is 17.7 Å². The zero-order chi connectivity index (χ0) is 15.8. The average Bonchev–Trinajstić information content (AvgIpc) is 3.24. The van der Waals surface area contributed by atoms with Crippen molar-refractivity contribution in [1.82, 2.24) is 9.88 Å². The first-order valence-corrected chi connectivity index (χ1v) is 8.66. The minimum Gasteiger partial charge on any atom is -0.337 e. The first-order valence-electron chi connectivity index (χ1n) is 7.78. The van der Waals surface area contributed by atoms with Gasteiger partial charge in [0.1, 0.15) is 0 Å². The van der Waals surface area contributed by atoms with Gasteiger partial charge in [0.2, 0.25) is 11.8 Å². The number of aromatic nitrogens is 1. The molecular formula is C17H17N3O2S. The zero-order valence-corrected chi connectivity index (χ0v) is 13.4.